The Morgan fingerprint density at radius 3 is 2.67 bits per heavy atom. The Hall–Kier alpha value is -3.87. The summed E-state index contributed by atoms with van der Waals surface area (Å²) in [5.74, 6) is 1.44. The molecule has 6 nitrogen and oxygen atoms in total. The van der Waals surface area contributed by atoms with E-state index in [4.69, 9.17) is 21.3 Å². The molecule has 7 heteroatoms. The number of rotatable bonds is 6. The summed E-state index contributed by atoms with van der Waals surface area (Å²) in [6.45, 7) is 2.60. The van der Waals surface area contributed by atoms with Crippen LogP contribution in [-0.2, 0) is 26.1 Å². The monoisotopic (exact) mass is 496 g/mol. The van der Waals surface area contributed by atoms with Gasteiger partial charge in [-0.3, -0.25) is 9.69 Å². The van der Waals surface area contributed by atoms with Gasteiger partial charge < -0.3 is 14.7 Å². The zero-order valence-electron chi connectivity index (χ0n) is 19.6. The molecule has 3 heterocycles. The Morgan fingerprint density at radius 1 is 1.00 bits per heavy atom. The summed E-state index contributed by atoms with van der Waals surface area (Å²) >= 11 is 6.00. The van der Waals surface area contributed by atoms with Crippen LogP contribution in [0.15, 0.2) is 83.8 Å². The van der Waals surface area contributed by atoms with Gasteiger partial charge in [-0.05, 0) is 47.5 Å². The van der Waals surface area contributed by atoms with E-state index in [0.717, 1.165) is 57.6 Å². The number of H-pyrrole nitrogens is 2. The maximum atomic E-state index is 13.0. The second-order valence-corrected chi connectivity index (χ2v) is 9.51. The van der Waals surface area contributed by atoms with E-state index in [0.29, 0.717) is 30.5 Å². The third-order valence-electron chi connectivity index (χ3n) is 6.65. The van der Waals surface area contributed by atoms with Crippen LogP contribution in [0.1, 0.15) is 22.4 Å². The first-order valence-electron chi connectivity index (χ1n) is 12.0. The Kier molecular flexibility index (Phi) is 6.05. The molecular formula is C29H25ClN4O2. The third kappa shape index (κ3) is 4.53. The van der Waals surface area contributed by atoms with E-state index in [9.17, 15) is 4.79 Å². The molecule has 2 N–H and O–H groups in total. The molecule has 5 aromatic rings. The fourth-order valence-electron chi connectivity index (χ4n) is 4.80. The van der Waals surface area contributed by atoms with Crippen LogP contribution < -0.4 is 10.3 Å². The molecule has 6 rings (SSSR count). The topological polar surface area (TPSA) is 74.0 Å². The summed E-state index contributed by atoms with van der Waals surface area (Å²) < 4.78 is 6.22. The molecule has 0 bridgehead atoms. The molecule has 3 aromatic carbocycles. The molecule has 0 spiro atoms. The van der Waals surface area contributed by atoms with E-state index in [-0.39, 0.29) is 5.56 Å². The van der Waals surface area contributed by atoms with Gasteiger partial charge >= 0.3 is 0 Å². The molecule has 2 aromatic heterocycles. The van der Waals surface area contributed by atoms with Crippen molar-refractivity contribution in [2.75, 3.05) is 6.54 Å². The molecule has 0 aliphatic carbocycles. The standard InChI is InChI=1S/C29H25ClN4O2/c30-22-11-9-20(10-12-22)28-32-24-13-14-34(17-23(24)29(35)33-28)16-21-15-31-25-7-4-8-26(27(21)25)36-18-19-5-2-1-3-6-19/h1-12,15,31H,13-14,16-18H2,(H,32,33,35). The summed E-state index contributed by atoms with van der Waals surface area (Å²) in [5, 5.41) is 1.74. The van der Waals surface area contributed by atoms with Gasteiger partial charge in [0.25, 0.3) is 5.56 Å². The molecule has 1 aliphatic heterocycles. The summed E-state index contributed by atoms with van der Waals surface area (Å²) in [6.07, 6.45) is 2.77. The van der Waals surface area contributed by atoms with E-state index >= 15 is 0 Å². The lowest BCUT2D eigenvalue weighted by Crippen LogP contribution is -2.35. The van der Waals surface area contributed by atoms with Gasteiger partial charge in [-0.25, -0.2) is 4.98 Å². The fraction of sp³-hybridized carbons (Fsp3) is 0.172. The maximum absolute atomic E-state index is 13.0. The number of nitrogens with zero attached hydrogens (tertiary/aromatic N) is 2. The van der Waals surface area contributed by atoms with Crippen LogP contribution in [0.4, 0.5) is 0 Å². The van der Waals surface area contributed by atoms with Gasteiger partial charge in [-0.1, -0.05) is 48.0 Å². The van der Waals surface area contributed by atoms with E-state index < -0.39 is 0 Å². The number of aromatic amines is 2. The zero-order chi connectivity index (χ0) is 24.5. The van der Waals surface area contributed by atoms with Crippen LogP contribution in [0.25, 0.3) is 22.3 Å². The molecule has 0 saturated carbocycles. The van der Waals surface area contributed by atoms with Crippen molar-refractivity contribution >= 4 is 22.5 Å². The molecular weight excluding hydrogens is 472 g/mol. The van der Waals surface area contributed by atoms with Crippen molar-refractivity contribution in [2.24, 2.45) is 0 Å². The van der Waals surface area contributed by atoms with Crippen LogP contribution in [0.3, 0.4) is 0 Å². The number of aromatic nitrogens is 3. The molecule has 0 fully saturated rings. The largest absolute Gasteiger partial charge is 0.488 e. The Morgan fingerprint density at radius 2 is 1.83 bits per heavy atom. The molecule has 36 heavy (non-hydrogen) atoms. The summed E-state index contributed by atoms with van der Waals surface area (Å²) in [7, 11) is 0. The van der Waals surface area contributed by atoms with Gasteiger partial charge in [-0.2, -0.15) is 0 Å². The van der Waals surface area contributed by atoms with Gasteiger partial charge in [0.05, 0.1) is 11.3 Å². The third-order valence-corrected chi connectivity index (χ3v) is 6.90. The molecule has 0 saturated heterocycles. The zero-order valence-corrected chi connectivity index (χ0v) is 20.4. The highest BCUT2D eigenvalue weighted by atomic mass is 35.5. The van der Waals surface area contributed by atoms with E-state index in [2.05, 4.69) is 33.1 Å². The van der Waals surface area contributed by atoms with Crippen LogP contribution in [0.2, 0.25) is 5.02 Å². The van der Waals surface area contributed by atoms with E-state index in [1.165, 1.54) is 0 Å². The molecule has 0 amide bonds. The normalized spacial score (nSPS) is 13.6. The van der Waals surface area contributed by atoms with Crippen molar-refractivity contribution in [1.82, 2.24) is 19.9 Å². The number of fused-ring (bicyclic) bond motifs is 2. The Labute approximate surface area is 213 Å². The van der Waals surface area contributed by atoms with Gasteiger partial charge in [0.15, 0.2) is 0 Å². The van der Waals surface area contributed by atoms with Crippen molar-refractivity contribution in [3.63, 3.8) is 0 Å². The van der Waals surface area contributed by atoms with Crippen molar-refractivity contribution in [3.8, 4) is 17.1 Å². The fourth-order valence-corrected chi connectivity index (χ4v) is 4.93. The van der Waals surface area contributed by atoms with E-state index in [1.54, 1.807) is 12.1 Å². The smallest absolute Gasteiger partial charge is 0.255 e. The Bertz CT molecular complexity index is 1580. The Balaban J connectivity index is 1.23. The number of hydrogen-bond acceptors (Lipinski definition) is 4. The first-order chi connectivity index (χ1) is 17.6. The highest BCUT2D eigenvalue weighted by Gasteiger charge is 2.23. The molecule has 0 unspecified atom stereocenters. The van der Waals surface area contributed by atoms with E-state index in [1.807, 2.05) is 48.7 Å². The average Bonchev–Trinajstić information content (AvgIpc) is 3.32. The quantitative estimate of drug-likeness (QED) is 0.316. The number of ether oxygens (including phenoxy) is 1. The van der Waals surface area contributed by atoms with Crippen LogP contribution in [0, 0.1) is 0 Å². The average molecular weight is 497 g/mol. The predicted octanol–water partition coefficient (Wildman–Crippen LogP) is 5.71. The van der Waals surface area contributed by atoms with Gasteiger partial charge in [0, 0.05) is 53.7 Å². The van der Waals surface area contributed by atoms with Gasteiger partial charge in [0.2, 0.25) is 0 Å². The number of hydrogen-bond donors (Lipinski definition) is 2. The van der Waals surface area contributed by atoms with Gasteiger partial charge in [-0.15, -0.1) is 0 Å². The molecule has 0 radical (unpaired) electrons. The molecule has 0 atom stereocenters. The minimum absolute atomic E-state index is 0.0829. The lowest BCUT2D eigenvalue weighted by molar-refractivity contribution is 0.242. The van der Waals surface area contributed by atoms with Crippen molar-refractivity contribution in [3.05, 3.63) is 117 Å². The SMILES string of the molecule is O=c1[nH]c(-c2ccc(Cl)cc2)nc2c1CN(Cc1c[nH]c3cccc(OCc4ccccc4)c13)CC2. The predicted molar refractivity (Wildman–Crippen MR) is 142 cm³/mol. The summed E-state index contributed by atoms with van der Waals surface area (Å²) in [4.78, 5) is 26.4. The maximum Gasteiger partial charge on any atom is 0.255 e. The van der Waals surface area contributed by atoms with Crippen molar-refractivity contribution in [1.29, 1.82) is 0 Å². The summed E-state index contributed by atoms with van der Waals surface area (Å²) in [6, 6.07) is 23.6. The second kappa shape index (κ2) is 9.64. The van der Waals surface area contributed by atoms with Crippen LogP contribution >= 0.6 is 11.6 Å². The summed E-state index contributed by atoms with van der Waals surface area (Å²) in [5.41, 5.74) is 5.69. The van der Waals surface area contributed by atoms with Crippen molar-refractivity contribution in [2.45, 2.75) is 26.1 Å². The van der Waals surface area contributed by atoms with Crippen LogP contribution in [0.5, 0.6) is 5.75 Å². The first kappa shape index (κ1) is 22.6. The minimum atomic E-state index is -0.0829. The second-order valence-electron chi connectivity index (χ2n) is 9.07. The van der Waals surface area contributed by atoms with Gasteiger partial charge in [0.1, 0.15) is 18.2 Å². The van der Waals surface area contributed by atoms with Crippen molar-refractivity contribution < 1.29 is 4.74 Å². The first-order valence-corrected chi connectivity index (χ1v) is 12.4. The lowest BCUT2D eigenvalue weighted by Gasteiger charge is -2.27. The molecule has 180 valence electrons. The lowest BCUT2D eigenvalue weighted by atomic mass is 10.0. The molecule has 1 aliphatic rings. The minimum Gasteiger partial charge on any atom is -0.488 e. The highest BCUT2D eigenvalue weighted by Crippen LogP contribution is 2.31. The van der Waals surface area contributed by atoms with Crippen LogP contribution in [-0.4, -0.2) is 26.4 Å². The number of nitrogens with one attached hydrogen (secondary N) is 2. The highest BCUT2D eigenvalue weighted by molar-refractivity contribution is 6.30. The number of halogens is 1. The number of benzene rings is 3.